The van der Waals surface area contributed by atoms with Gasteiger partial charge in [0.25, 0.3) is 0 Å². The van der Waals surface area contributed by atoms with E-state index in [0.717, 1.165) is 81.2 Å². The number of anilines is 1. The highest BCUT2D eigenvalue weighted by atomic mass is 28.3. The third-order valence-electron chi connectivity index (χ3n) is 8.91. The number of carbonyl (C=O) groups is 1. The molecule has 1 N–H and O–H groups in total. The maximum atomic E-state index is 13.3. The molecule has 0 radical (unpaired) electrons. The summed E-state index contributed by atoms with van der Waals surface area (Å²) in [6.45, 7) is 16.8. The molecule has 6 rings (SSSR count). The van der Waals surface area contributed by atoms with Gasteiger partial charge in [-0.3, -0.25) is 4.79 Å². The van der Waals surface area contributed by atoms with Crippen LogP contribution in [0.2, 0.25) is 25.7 Å². The number of nitrogens with one attached hydrogen (secondary N) is 1. The van der Waals surface area contributed by atoms with Crippen LogP contribution < -0.4 is 14.8 Å². The molecule has 1 amide bonds. The van der Waals surface area contributed by atoms with Gasteiger partial charge in [-0.1, -0.05) is 26.6 Å². The van der Waals surface area contributed by atoms with Gasteiger partial charge in [-0.2, -0.15) is 0 Å². The van der Waals surface area contributed by atoms with Gasteiger partial charge in [-0.25, -0.2) is 15.0 Å². The van der Waals surface area contributed by atoms with Gasteiger partial charge >= 0.3 is 0 Å². The van der Waals surface area contributed by atoms with Gasteiger partial charge < -0.3 is 33.9 Å². The zero-order chi connectivity index (χ0) is 30.8. The zero-order valence-electron chi connectivity index (χ0n) is 26.8. The Morgan fingerprint density at radius 1 is 1.07 bits per heavy atom. The summed E-state index contributed by atoms with van der Waals surface area (Å²) in [7, 11) is 0.369. The minimum Gasteiger partial charge on any atom is -0.480 e. The average Bonchev–Trinajstić information content (AvgIpc) is 3.94. The molecule has 2 saturated carbocycles. The number of nitrogens with zero attached hydrogens (tertiary/aromatic N) is 6. The molecule has 44 heavy (non-hydrogen) atoms. The van der Waals surface area contributed by atoms with Crippen LogP contribution in [0.15, 0.2) is 24.7 Å². The standard InChI is InChI=1S/C32H47N7O4Si/c1-6-37-11-13-38(14-12-37)18-22-17-25(22)30(40)36-27-10-9-24-26(19-39(29(24)35-27)21-42-15-16-44(3,4)5)28-31(41-2)33-20-34-32(28)43-23-7-8-23/h9-10,19-20,22-23,25H,6-8,11-18,21H2,1-5H3,(H,35,36,40). The number of hydrogen-bond acceptors (Lipinski definition) is 9. The molecule has 2 aliphatic carbocycles. The molecular formula is C32H47N7O4Si. The van der Waals surface area contributed by atoms with Crippen LogP contribution in [0.3, 0.4) is 0 Å². The van der Waals surface area contributed by atoms with Crippen LogP contribution in [-0.4, -0.2) is 102 Å². The summed E-state index contributed by atoms with van der Waals surface area (Å²) in [5, 5.41) is 4.00. The SMILES string of the molecule is CCN1CCN(CC2CC2C(=O)Nc2ccc3c(-c4c(OC)ncnc4OC4CC4)cn(COCC[Si](C)(C)C)c3n2)CC1. The number of amides is 1. The molecule has 1 aliphatic heterocycles. The zero-order valence-corrected chi connectivity index (χ0v) is 27.8. The summed E-state index contributed by atoms with van der Waals surface area (Å²) in [5.74, 6) is 2.00. The second-order valence-corrected chi connectivity index (χ2v) is 19.3. The van der Waals surface area contributed by atoms with Crippen LogP contribution in [0.25, 0.3) is 22.2 Å². The lowest BCUT2D eigenvalue weighted by molar-refractivity contribution is -0.117. The van der Waals surface area contributed by atoms with Crippen molar-refractivity contribution in [3.8, 4) is 22.9 Å². The average molecular weight is 622 g/mol. The summed E-state index contributed by atoms with van der Waals surface area (Å²) >= 11 is 0. The monoisotopic (exact) mass is 621 g/mol. The molecule has 0 bridgehead atoms. The fourth-order valence-electron chi connectivity index (χ4n) is 5.85. The number of hydrogen-bond donors (Lipinski definition) is 1. The first kappa shape index (κ1) is 30.9. The third-order valence-corrected chi connectivity index (χ3v) is 10.6. The minimum atomic E-state index is -1.24. The topological polar surface area (TPSA) is 107 Å². The molecular weight excluding hydrogens is 574 g/mol. The first-order valence-electron chi connectivity index (χ1n) is 16.1. The molecule has 3 fully saturated rings. The summed E-state index contributed by atoms with van der Waals surface area (Å²) in [5.41, 5.74) is 2.28. The molecule has 4 heterocycles. The second kappa shape index (κ2) is 13.1. The van der Waals surface area contributed by atoms with Crippen LogP contribution in [0.4, 0.5) is 5.82 Å². The first-order chi connectivity index (χ1) is 21.2. The maximum absolute atomic E-state index is 13.3. The molecule has 11 nitrogen and oxygen atoms in total. The normalized spacial score (nSPS) is 21.0. The number of likely N-dealkylation sites (N-methyl/N-ethyl adjacent to an activating group) is 1. The van der Waals surface area contributed by atoms with E-state index in [2.05, 4.69) is 51.6 Å². The van der Waals surface area contributed by atoms with Crippen LogP contribution in [0, 0.1) is 11.8 Å². The fraction of sp³-hybridized carbons (Fsp3) is 0.625. The maximum Gasteiger partial charge on any atom is 0.228 e. The predicted octanol–water partition coefficient (Wildman–Crippen LogP) is 4.57. The Morgan fingerprint density at radius 3 is 2.52 bits per heavy atom. The van der Waals surface area contributed by atoms with E-state index < -0.39 is 8.07 Å². The molecule has 2 unspecified atom stereocenters. The van der Waals surface area contributed by atoms with Crippen LogP contribution in [0.5, 0.6) is 11.8 Å². The highest BCUT2D eigenvalue weighted by Gasteiger charge is 2.44. The fourth-order valence-corrected chi connectivity index (χ4v) is 6.61. The Hall–Kier alpha value is -3.06. The number of aromatic nitrogens is 4. The van der Waals surface area contributed by atoms with Crippen molar-refractivity contribution in [1.29, 1.82) is 0 Å². The molecule has 12 heteroatoms. The quantitative estimate of drug-likeness (QED) is 0.205. The highest BCUT2D eigenvalue weighted by Crippen LogP contribution is 2.43. The summed E-state index contributed by atoms with van der Waals surface area (Å²) in [6.07, 6.45) is 6.61. The lowest BCUT2D eigenvalue weighted by Crippen LogP contribution is -2.46. The summed E-state index contributed by atoms with van der Waals surface area (Å²) in [4.78, 5) is 32.0. The van der Waals surface area contributed by atoms with E-state index in [9.17, 15) is 4.79 Å². The van der Waals surface area contributed by atoms with Crippen LogP contribution >= 0.6 is 0 Å². The van der Waals surface area contributed by atoms with Crippen LogP contribution in [-0.2, 0) is 16.3 Å². The molecule has 2 atom stereocenters. The van der Waals surface area contributed by atoms with E-state index in [-0.39, 0.29) is 17.9 Å². The number of ether oxygens (including phenoxy) is 3. The summed E-state index contributed by atoms with van der Waals surface area (Å²) in [6, 6.07) is 4.94. The molecule has 238 valence electrons. The van der Waals surface area contributed by atoms with E-state index in [1.165, 1.54) is 6.33 Å². The van der Waals surface area contributed by atoms with Gasteiger partial charge in [0, 0.05) is 70.5 Å². The number of carbonyl (C=O) groups excluding carboxylic acids is 1. The van der Waals surface area contributed by atoms with Gasteiger partial charge in [0.1, 0.15) is 36.2 Å². The highest BCUT2D eigenvalue weighted by molar-refractivity contribution is 6.76. The third kappa shape index (κ3) is 7.41. The van der Waals surface area contributed by atoms with Gasteiger partial charge in [0.05, 0.1) is 7.11 Å². The number of fused-ring (bicyclic) bond motifs is 1. The first-order valence-corrected chi connectivity index (χ1v) is 19.8. The van der Waals surface area contributed by atoms with E-state index >= 15 is 0 Å². The largest absolute Gasteiger partial charge is 0.480 e. The van der Waals surface area contributed by atoms with Gasteiger partial charge in [-0.15, -0.1) is 0 Å². The lowest BCUT2D eigenvalue weighted by atomic mass is 10.1. The Labute approximate surface area is 261 Å². The van der Waals surface area contributed by atoms with Crippen molar-refractivity contribution >= 4 is 30.8 Å². The number of methoxy groups -OCH3 is 1. The van der Waals surface area contributed by atoms with E-state index in [1.54, 1.807) is 7.11 Å². The Kier molecular flexibility index (Phi) is 9.23. The smallest absolute Gasteiger partial charge is 0.228 e. The molecule has 3 aromatic rings. The number of rotatable bonds is 14. The van der Waals surface area contributed by atoms with Crippen molar-refractivity contribution in [3.05, 3.63) is 24.7 Å². The summed E-state index contributed by atoms with van der Waals surface area (Å²) < 4.78 is 20.0. The molecule has 3 aliphatic rings. The number of piperazine rings is 1. The second-order valence-electron chi connectivity index (χ2n) is 13.6. The van der Waals surface area contributed by atoms with E-state index in [4.69, 9.17) is 19.2 Å². The van der Waals surface area contributed by atoms with Crippen molar-refractivity contribution in [3.63, 3.8) is 0 Å². The van der Waals surface area contributed by atoms with E-state index in [0.29, 0.717) is 42.4 Å². The van der Waals surface area contributed by atoms with Crippen molar-refractivity contribution in [2.75, 3.05) is 58.3 Å². The molecule has 1 saturated heterocycles. The van der Waals surface area contributed by atoms with Gasteiger partial charge in [0.2, 0.25) is 17.7 Å². The Balaban J connectivity index is 1.22. The Morgan fingerprint density at radius 2 is 1.82 bits per heavy atom. The van der Waals surface area contributed by atoms with Crippen molar-refractivity contribution in [2.45, 2.75) is 64.7 Å². The van der Waals surface area contributed by atoms with Gasteiger partial charge in [-0.05, 0) is 49.9 Å². The predicted molar refractivity (Wildman–Crippen MR) is 174 cm³/mol. The van der Waals surface area contributed by atoms with Crippen molar-refractivity contribution < 1.29 is 19.0 Å². The molecule has 3 aromatic heterocycles. The van der Waals surface area contributed by atoms with Gasteiger partial charge in [0.15, 0.2) is 0 Å². The van der Waals surface area contributed by atoms with E-state index in [1.807, 2.05) is 22.9 Å². The van der Waals surface area contributed by atoms with Crippen molar-refractivity contribution in [2.24, 2.45) is 11.8 Å². The molecule has 0 aromatic carbocycles. The Bertz CT molecular complexity index is 1460. The van der Waals surface area contributed by atoms with Crippen LogP contribution in [0.1, 0.15) is 26.2 Å². The van der Waals surface area contributed by atoms with Crippen molar-refractivity contribution in [1.82, 2.24) is 29.3 Å². The molecule has 0 spiro atoms. The minimum absolute atomic E-state index is 0.0387. The number of pyridine rings is 1. The lowest BCUT2D eigenvalue weighted by Gasteiger charge is -2.34.